The maximum Gasteiger partial charge on any atom is 0.387 e. The number of nitrogens with one attached hydrogen (secondary N) is 1. The van der Waals surface area contributed by atoms with E-state index in [2.05, 4.69) is 23.9 Å². The highest BCUT2D eigenvalue weighted by Gasteiger charge is 2.48. The summed E-state index contributed by atoms with van der Waals surface area (Å²) in [7, 11) is 1.32. The van der Waals surface area contributed by atoms with Crippen LogP contribution < -0.4 is 14.8 Å². The van der Waals surface area contributed by atoms with Crippen LogP contribution in [0.4, 0.5) is 13.6 Å². The van der Waals surface area contributed by atoms with Gasteiger partial charge in [0.1, 0.15) is 5.54 Å². The lowest BCUT2D eigenvalue weighted by Crippen LogP contribution is -2.40. The van der Waals surface area contributed by atoms with Crippen molar-refractivity contribution in [2.45, 2.75) is 45.4 Å². The second-order valence-electron chi connectivity index (χ2n) is 7.59. The number of imide groups is 1. The number of rotatable bonds is 7. The van der Waals surface area contributed by atoms with Gasteiger partial charge in [-0.2, -0.15) is 8.78 Å². The summed E-state index contributed by atoms with van der Waals surface area (Å²) in [6.07, 6.45) is 0. The molecule has 0 radical (unpaired) electrons. The smallest absolute Gasteiger partial charge is 0.387 e. The van der Waals surface area contributed by atoms with Crippen LogP contribution in [0, 0.1) is 0 Å². The molecule has 0 saturated carbocycles. The quantitative estimate of drug-likeness (QED) is 0.678. The molecule has 6 nitrogen and oxygen atoms in total. The van der Waals surface area contributed by atoms with Gasteiger partial charge >= 0.3 is 12.6 Å². The fourth-order valence-corrected chi connectivity index (χ4v) is 3.42. The molecule has 2 aromatic carbocycles. The highest BCUT2D eigenvalue weighted by molar-refractivity contribution is 6.07. The predicted octanol–water partition coefficient (Wildman–Crippen LogP) is 4.39. The SMILES string of the molecule is COc1cc(CN2C(=O)N[C@@](C)(c3ccc(C(C)C)cc3)C2=O)ccc1OC(F)F. The summed E-state index contributed by atoms with van der Waals surface area (Å²) >= 11 is 0. The number of amides is 3. The van der Waals surface area contributed by atoms with Gasteiger partial charge in [-0.15, -0.1) is 0 Å². The third-order valence-corrected chi connectivity index (χ3v) is 5.21. The molecule has 2 aromatic rings. The van der Waals surface area contributed by atoms with Crippen molar-refractivity contribution in [3.63, 3.8) is 0 Å². The van der Waals surface area contributed by atoms with Gasteiger partial charge in [0, 0.05) is 0 Å². The number of alkyl halides is 2. The minimum atomic E-state index is -2.99. The molecule has 1 heterocycles. The summed E-state index contributed by atoms with van der Waals surface area (Å²) in [4.78, 5) is 26.8. The third kappa shape index (κ3) is 4.08. The van der Waals surface area contributed by atoms with Crippen LogP contribution in [0.5, 0.6) is 11.5 Å². The third-order valence-electron chi connectivity index (χ3n) is 5.21. The first-order chi connectivity index (χ1) is 14.2. The molecule has 1 N–H and O–H groups in total. The molecule has 1 fully saturated rings. The van der Waals surface area contributed by atoms with E-state index in [1.165, 1.54) is 25.3 Å². The van der Waals surface area contributed by atoms with E-state index < -0.39 is 24.1 Å². The maximum absolute atomic E-state index is 13.1. The summed E-state index contributed by atoms with van der Waals surface area (Å²) in [5.41, 5.74) is 1.17. The number of hydrogen-bond acceptors (Lipinski definition) is 4. The number of halogens is 2. The van der Waals surface area contributed by atoms with Gasteiger partial charge in [0.05, 0.1) is 13.7 Å². The number of carbonyl (C=O) groups is 2. The average molecular weight is 418 g/mol. The zero-order valence-corrected chi connectivity index (χ0v) is 17.2. The number of nitrogens with zero attached hydrogens (tertiary/aromatic N) is 1. The highest BCUT2D eigenvalue weighted by Crippen LogP contribution is 2.33. The van der Waals surface area contributed by atoms with E-state index >= 15 is 0 Å². The van der Waals surface area contributed by atoms with Crippen molar-refractivity contribution in [1.82, 2.24) is 10.2 Å². The standard InChI is InChI=1S/C22H24F2N2O4/c1-13(2)15-6-8-16(9-7-15)22(3)19(27)26(21(28)25-22)12-14-5-10-17(30-20(23)24)18(11-14)29-4/h5-11,13,20H,12H2,1-4H3,(H,25,28)/t22-/m0/s1. The Morgan fingerprint density at radius 1 is 1.07 bits per heavy atom. The van der Waals surface area contributed by atoms with Gasteiger partial charge in [0.15, 0.2) is 11.5 Å². The lowest BCUT2D eigenvalue weighted by atomic mass is 9.90. The van der Waals surface area contributed by atoms with Crippen molar-refractivity contribution in [2.75, 3.05) is 7.11 Å². The Balaban J connectivity index is 1.83. The van der Waals surface area contributed by atoms with Crippen molar-refractivity contribution in [3.05, 3.63) is 59.2 Å². The lowest BCUT2D eigenvalue weighted by Gasteiger charge is -2.23. The van der Waals surface area contributed by atoms with Crippen LogP contribution in [-0.4, -0.2) is 30.6 Å². The van der Waals surface area contributed by atoms with Crippen molar-refractivity contribution in [2.24, 2.45) is 0 Å². The van der Waals surface area contributed by atoms with Crippen molar-refractivity contribution in [3.8, 4) is 11.5 Å². The van der Waals surface area contributed by atoms with Crippen molar-refractivity contribution < 1.29 is 27.8 Å². The number of carbonyl (C=O) groups excluding carboxylic acids is 2. The number of methoxy groups -OCH3 is 1. The van der Waals surface area contributed by atoms with E-state index in [1.807, 2.05) is 24.3 Å². The fourth-order valence-electron chi connectivity index (χ4n) is 3.42. The molecule has 0 aromatic heterocycles. The van der Waals surface area contributed by atoms with Gasteiger partial charge in [0.2, 0.25) is 0 Å². The second kappa shape index (κ2) is 8.30. The number of benzene rings is 2. The van der Waals surface area contributed by atoms with E-state index in [-0.39, 0.29) is 18.0 Å². The molecule has 0 unspecified atom stereocenters. The van der Waals surface area contributed by atoms with E-state index in [1.54, 1.807) is 6.92 Å². The Bertz CT molecular complexity index is 947. The zero-order chi connectivity index (χ0) is 22.1. The molecule has 3 rings (SSSR count). The minimum Gasteiger partial charge on any atom is -0.493 e. The van der Waals surface area contributed by atoms with Crippen LogP contribution in [0.25, 0.3) is 0 Å². The van der Waals surface area contributed by atoms with Crippen LogP contribution in [0.15, 0.2) is 42.5 Å². The van der Waals surface area contributed by atoms with Gasteiger partial charge in [0.25, 0.3) is 5.91 Å². The molecule has 1 aliphatic rings. The summed E-state index contributed by atoms with van der Waals surface area (Å²) in [5, 5.41) is 2.76. The summed E-state index contributed by atoms with van der Waals surface area (Å²) in [5.74, 6) is -0.0729. The van der Waals surface area contributed by atoms with Crippen LogP contribution in [0.2, 0.25) is 0 Å². The molecular weight excluding hydrogens is 394 g/mol. The Hall–Kier alpha value is -3.16. The first kappa shape index (κ1) is 21.5. The monoisotopic (exact) mass is 418 g/mol. The molecule has 160 valence electrons. The Morgan fingerprint density at radius 2 is 1.73 bits per heavy atom. The Labute approximate surface area is 173 Å². The lowest BCUT2D eigenvalue weighted by molar-refractivity contribution is -0.131. The van der Waals surface area contributed by atoms with Gasteiger partial charge in [-0.25, -0.2) is 4.79 Å². The highest BCUT2D eigenvalue weighted by atomic mass is 19.3. The zero-order valence-electron chi connectivity index (χ0n) is 17.2. The van der Waals surface area contributed by atoms with E-state index in [0.717, 1.165) is 10.5 Å². The first-order valence-electron chi connectivity index (χ1n) is 9.52. The van der Waals surface area contributed by atoms with E-state index in [9.17, 15) is 18.4 Å². The van der Waals surface area contributed by atoms with Gasteiger partial charge < -0.3 is 14.8 Å². The molecule has 0 spiro atoms. The minimum absolute atomic E-state index is 0.0321. The Kier molecular flexibility index (Phi) is 5.96. The normalized spacial score (nSPS) is 18.9. The van der Waals surface area contributed by atoms with E-state index in [4.69, 9.17) is 4.74 Å². The topological polar surface area (TPSA) is 67.9 Å². The summed E-state index contributed by atoms with van der Waals surface area (Å²) in [6, 6.07) is 11.3. The molecule has 1 saturated heterocycles. The maximum atomic E-state index is 13.1. The molecular formula is C22H24F2N2O4. The molecule has 1 atom stereocenters. The number of urea groups is 1. The predicted molar refractivity (Wildman–Crippen MR) is 107 cm³/mol. The van der Waals surface area contributed by atoms with Crippen LogP contribution in [0.3, 0.4) is 0 Å². The van der Waals surface area contributed by atoms with E-state index in [0.29, 0.717) is 17.0 Å². The molecule has 0 bridgehead atoms. The summed E-state index contributed by atoms with van der Waals surface area (Å²) in [6.45, 7) is 2.80. The molecule has 3 amide bonds. The van der Waals surface area contributed by atoms with Crippen LogP contribution >= 0.6 is 0 Å². The second-order valence-corrected chi connectivity index (χ2v) is 7.59. The fraction of sp³-hybridized carbons (Fsp3) is 0.364. The average Bonchev–Trinajstić information content (AvgIpc) is 2.92. The molecule has 1 aliphatic heterocycles. The van der Waals surface area contributed by atoms with Crippen molar-refractivity contribution in [1.29, 1.82) is 0 Å². The molecule has 0 aliphatic carbocycles. The summed E-state index contributed by atoms with van der Waals surface area (Å²) < 4.78 is 34.5. The first-order valence-corrected chi connectivity index (χ1v) is 9.52. The Morgan fingerprint density at radius 3 is 2.30 bits per heavy atom. The van der Waals surface area contributed by atoms with Gasteiger partial charge in [-0.05, 0) is 41.7 Å². The number of hydrogen-bond donors (Lipinski definition) is 1. The largest absolute Gasteiger partial charge is 0.493 e. The van der Waals surface area contributed by atoms with Crippen LogP contribution in [0.1, 0.15) is 43.4 Å². The molecule has 8 heteroatoms. The van der Waals surface area contributed by atoms with Gasteiger partial charge in [-0.1, -0.05) is 44.2 Å². The van der Waals surface area contributed by atoms with Gasteiger partial charge in [-0.3, -0.25) is 9.69 Å². The molecule has 30 heavy (non-hydrogen) atoms. The van der Waals surface area contributed by atoms with Crippen molar-refractivity contribution >= 4 is 11.9 Å². The van der Waals surface area contributed by atoms with Crippen LogP contribution in [-0.2, 0) is 16.9 Å². The number of ether oxygens (including phenoxy) is 2.